The third-order valence-corrected chi connectivity index (χ3v) is 7.06. The van der Waals surface area contributed by atoms with E-state index in [-0.39, 0.29) is 17.9 Å². The van der Waals surface area contributed by atoms with Gasteiger partial charge >= 0.3 is 0 Å². The van der Waals surface area contributed by atoms with Gasteiger partial charge in [-0.1, -0.05) is 6.07 Å². The molecule has 0 saturated carbocycles. The van der Waals surface area contributed by atoms with Crippen molar-refractivity contribution in [2.75, 3.05) is 56.1 Å². The fraction of sp³-hybridized carbons (Fsp3) is 0.321. The van der Waals surface area contributed by atoms with Crippen molar-refractivity contribution in [2.45, 2.75) is 12.5 Å². The minimum atomic E-state index is -0.195. The summed E-state index contributed by atoms with van der Waals surface area (Å²) < 4.78 is 16.1. The second kappa shape index (κ2) is 9.78. The van der Waals surface area contributed by atoms with Crippen molar-refractivity contribution in [1.29, 1.82) is 0 Å². The van der Waals surface area contributed by atoms with Crippen LogP contribution < -0.4 is 29.3 Å². The van der Waals surface area contributed by atoms with Gasteiger partial charge in [0.1, 0.15) is 17.2 Å². The molecule has 1 fully saturated rings. The highest BCUT2D eigenvalue weighted by Gasteiger charge is 2.41. The van der Waals surface area contributed by atoms with Crippen LogP contribution in [0, 0.1) is 5.92 Å². The molecule has 0 bridgehead atoms. The van der Waals surface area contributed by atoms with Gasteiger partial charge in [0.25, 0.3) is 0 Å². The summed E-state index contributed by atoms with van der Waals surface area (Å²) in [6, 6.07) is 21.8. The van der Waals surface area contributed by atoms with E-state index in [1.165, 1.54) is 5.56 Å². The minimum Gasteiger partial charge on any atom is -0.497 e. The van der Waals surface area contributed by atoms with E-state index in [4.69, 9.17) is 14.2 Å². The van der Waals surface area contributed by atoms with Crippen molar-refractivity contribution in [3.05, 3.63) is 72.3 Å². The molecular formula is C28H31N3O4. The topological polar surface area (TPSA) is 63.3 Å². The monoisotopic (exact) mass is 473 g/mol. The average molecular weight is 474 g/mol. The van der Waals surface area contributed by atoms with E-state index in [2.05, 4.69) is 39.4 Å². The third kappa shape index (κ3) is 4.58. The van der Waals surface area contributed by atoms with Crippen LogP contribution in [-0.2, 0) is 11.2 Å². The van der Waals surface area contributed by atoms with Crippen LogP contribution in [0.3, 0.4) is 0 Å². The lowest BCUT2D eigenvalue weighted by Crippen LogP contribution is -2.60. The average Bonchev–Trinajstić information content (AvgIpc) is 2.92. The zero-order valence-electron chi connectivity index (χ0n) is 20.4. The zero-order chi connectivity index (χ0) is 24.4. The van der Waals surface area contributed by atoms with Crippen LogP contribution in [-0.4, -0.2) is 52.9 Å². The third-order valence-electron chi connectivity index (χ3n) is 7.06. The normalized spacial score (nSPS) is 18.8. The predicted molar refractivity (Wildman–Crippen MR) is 138 cm³/mol. The number of hydrogen-bond donors (Lipinski definition) is 1. The van der Waals surface area contributed by atoms with Crippen molar-refractivity contribution in [3.8, 4) is 17.2 Å². The summed E-state index contributed by atoms with van der Waals surface area (Å²) in [6.45, 7) is 2.44. The Hall–Kier alpha value is -3.87. The Morgan fingerprint density at radius 3 is 2.11 bits per heavy atom. The van der Waals surface area contributed by atoms with Gasteiger partial charge in [0.2, 0.25) is 5.91 Å². The number of piperazine rings is 1. The molecule has 0 radical (unpaired) electrons. The molecule has 35 heavy (non-hydrogen) atoms. The molecule has 0 spiro atoms. The Balaban J connectivity index is 1.43. The van der Waals surface area contributed by atoms with Gasteiger partial charge in [-0.05, 0) is 66.6 Å². The van der Waals surface area contributed by atoms with Gasteiger partial charge in [-0.15, -0.1) is 0 Å². The molecule has 0 unspecified atom stereocenters. The SMILES string of the molecule is COc1ccc(NC(=O)[C@@H]2Cc3ccc(OC)cc3N3CCN(c4ccc(OC)cc4)C[C@@H]23)cc1. The number of amides is 1. The molecule has 5 rings (SSSR count). The van der Waals surface area contributed by atoms with Crippen LogP contribution in [0.25, 0.3) is 0 Å². The highest BCUT2D eigenvalue weighted by Crippen LogP contribution is 2.39. The van der Waals surface area contributed by atoms with E-state index in [0.717, 1.165) is 53.9 Å². The molecular weight excluding hydrogens is 442 g/mol. The van der Waals surface area contributed by atoms with E-state index in [1.54, 1.807) is 21.3 Å². The summed E-state index contributed by atoms with van der Waals surface area (Å²) in [5.74, 6) is 2.27. The Bertz CT molecular complexity index is 1180. The molecule has 182 valence electrons. The molecule has 2 heterocycles. The largest absolute Gasteiger partial charge is 0.497 e. The first kappa shape index (κ1) is 22.9. The second-order valence-corrected chi connectivity index (χ2v) is 8.93. The maximum Gasteiger partial charge on any atom is 0.229 e. The lowest BCUT2D eigenvalue weighted by molar-refractivity contribution is -0.120. The van der Waals surface area contributed by atoms with Crippen molar-refractivity contribution in [1.82, 2.24) is 0 Å². The molecule has 1 amide bonds. The van der Waals surface area contributed by atoms with Crippen LogP contribution in [0.15, 0.2) is 66.7 Å². The first-order valence-electron chi connectivity index (χ1n) is 11.9. The van der Waals surface area contributed by atoms with Crippen molar-refractivity contribution in [2.24, 2.45) is 5.92 Å². The quantitative estimate of drug-likeness (QED) is 0.579. The molecule has 3 aromatic rings. The summed E-state index contributed by atoms with van der Waals surface area (Å²) in [7, 11) is 5.00. The predicted octanol–water partition coefficient (Wildman–Crippen LogP) is 4.22. The number of carbonyl (C=O) groups is 1. The molecule has 0 aliphatic carbocycles. The molecule has 2 atom stereocenters. The first-order valence-corrected chi connectivity index (χ1v) is 11.9. The van der Waals surface area contributed by atoms with Gasteiger partial charge in [0.05, 0.1) is 33.3 Å². The highest BCUT2D eigenvalue weighted by molar-refractivity contribution is 5.94. The van der Waals surface area contributed by atoms with E-state index in [1.807, 2.05) is 42.5 Å². The summed E-state index contributed by atoms with van der Waals surface area (Å²) in [6.07, 6.45) is 0.679. The Morgan fingerprint density at radius 1 is 0.829 bits per heavy atom. The molecule has 3 aromatic carbocycles. The number of carbonyl (C=O) groups excluding carboxylic acids is 1. The molecule has 7 heteroatoms. The summed E-state index contributed by atoms with van der Waals surface area (Å²) >= 11 is 0. The fourth-order valence-electron chi connectivity index (χ4n) is 5.14. The number of nitrogens with zero attached hydrogens (tertiary/aromatic N) is 2. The molecule has 2 aliphatic rings. The zero-order valence-corrected chi connectivity index (χ0v) is 20.4. The number of ether oxygens (including phenoxy) is 3. The minimum absolute atomic E-state index is 0.0308. The number of hydrogen-bond acceptors (Lipinski definition) is 6. The molecule has 0 aromatic heterocycles. The highest BCUT2D eigenvalue weighted by atomic mass is 16.5. The van der Waals surface area contributed by atoms with Crippen LogP contribution in [0.2, 0.25) is 0 Å². The summed E-state index contributed by atoms with van der Waals surface area (Å²) in [4.78, 5) is 18.4. The summed E-state index contributed by atoms with van der Waals surface area (Å²) in [5.41, 5.74) is 4.24. The number of anilines is 3. The number of fused-ring (bicyclic) bond motifs is 3. The van der Waals surface area contributed by atoms with Gasteiger partial charge in [-0.25, -0.2) is 0 Å². The van der Waals surface area contributed by atoms with Crippen LogP contribution in [0.1, 0.15) is 5.56 Å². The van der Waals surface area contributed by atoms with Crippen molar-refractivity contribution in [3.63, 3.8) is 0 Å². The van der Waals surface area contributed by atoms with E-state index in [0.29, 0.717) is 6.42 Å². The van der Waals surface area contributed by atoms with Crippen LogP contribution in [0.4, 0.5) is 17.1 Å². The lowest BCUT2D eigenvalue weighted by atomic mass is 9.83. The molecule has 1 saturated heterocycles. The maximum absolute atomic E-state index is 13.6. The second-order valence-electron chi connectivity index (χ2n) is 8.93. The smallest absolute Gasteiger partial charge is 0.229 e. The van der Waals surface area contributed by atoms with Crippen LogP contribution >= 0.6 is 0 Å². The summed E-state index contributed by atoms with van der Waals surface area (Å²) in [5, 5.41) is 3.14. The van der Waals surface area contributed by atoms with Crippen molar-refractivity contribution < 1.29 is 19.0 Å². The van der Waals surface area contributed by atoms with Gasteiger partial charge in [0.15, 0.2) is 0 Å². The number of benzene rings is 3. The van der Waals surface area contributed by atoms with Gasteiger partial charge < -0.3 is 29.3 Å². The number of nitrogens with one attached hydrogen (secondary N) is 1. The number of methoxy groups -OCH3 is 3. The van der Waals surface area contributed by atoms with E-state index < -0.39 is 0 Å². The molecule has 7 nitrogen and oxygen atoms in total. The van der Waals surface area contributed by atoms with E-state index >= 15 is 0 Å². The van der Waals surface area contributed by atoms with Crippen LogP contribution in [0.5, 0.6) is 17.2 Å². The Morgan fingerprint density at radius 2 is 1.46 bits per heavy atom. The standard InChI is InChI=1S/C28H31N3O4/c1-33-22-10-5-20(6-11-22)29-28(32)25-16-19-4-9-24(35-3)17-26(19)31-15-14-30(18-27(25)31)21-7-12-23(34-2)13-8-21/h4-13,17,25,27H,14-16,18H2,1-3H3,(H,29,32)/t25-,27+/m1/s1. The fourth-order valence-corrected chi connectivity index (χ4v) is 5.14. The molecule has 1 N–H and O–H groups in total. The van der Waals surface area contributed by atoms with Gasteiger partial charge in [-0.2, -0.15) is 0 Å². The lowest BCUT2D eigenvalue weighted by Gasteiger charge is -2.49. The van der Waals surface area contributed by atoms with Gasteiger partial charge in [0, 0.05) is 42.8 Å². The van der Waals surface area contributed by atoms with Gasteiger partial charge in [-0.3, -0.25) is 4.79 Å². The molecule has 2 aliphatic heterocycles. The Labute approximate surface area is 206 Å². The van der Waals surface area contributed by atoms with E-state index in [9.17, 15) is 4.79 Å². The first-order chi connectivity index (χ1) is 17.1. The maximum atomic E-state index is 13.6. The number of rotatable bonds is 6. The Kier molecular flexibility index (Phi) is 6.40. The van der Waals surface area contributed by atoms with Crippen molar-refractivity contribution >= 4 is 23.0 Å².